The molecule has 0 saturated carbocycles. The molecule has 0 aliphatic heterocycles. The van der Waals surface area contributed by atoms with Crippen molar-refractivity contribution in [2.24, 2.45) is 0 Å². The van der Waals surface area contributed by atoms with E-state index >= 15 is 0 Å². The first-order valence-electron chi connectivity index (χ1n) is 7.10. The van der Waals surface area contributed by atoms with E-state index in [-0.39, 0.29) is 5.91 Å². The molecular formula is C16H26N2O2. The first kappa shape index (κ1) is 16.7. The van der Waals surface area contributed by atoms with Crippen LogP contribution in [0.15, 0.2) is 30.3 Å². The van der Waals surface area contributed by atoms with Gasteiger partial charge in [-0.2, -0.15) is 0 Å². The van der Waals surface area contributed by atoms with Gasteiger partial charge in [-0.3, -0.25) is 9.69 Å². The summed E-state index contributed by atoms with van der Waals surface area (Å²) in [6.07, 6.45) is 1.90. The lowest BCUT2D eigenvalue weighted by Crippen LogP contribution is -2.35. The van der Waals surface area contributed by atoms with Crippen LogP contribution < -0.4 is 0 Å². The molecule has 0 N–H and O–H groups in total. The number of likely N-dealkylation sites (N-methyl/N-ethyl adjacent to an activating group) is 2. The van der Waals surface area contributed by atoms with Crippen LogP contribution in [0, 0.1) is 0 Å². The lowest BCUT2D eigenvalue weighted by Gasteiger charge is -2.18. The molecule has 0 aromatic heterocycles. The number of nitrogens with zero attached hydrogens (tertiary/aromatic N) is 2. The van der Waals surface area contributed by atoms with Crippen molar-refractivity contribution in [3.05, 3.63) is 35.9 Å². The second-order valence-corrected chi connectivity index (χ2v) is 5.23. The second-order valence-electron chi connectivity index (χ2n) is 5.23. The fourth-order valence-electron chi connectivity index (χ4n) is 1.82. The van der Waals surface area contributed by atoms with E-state index in [4.69, 9.17) is 4.74 Å². The summed E-state index contributed by atoms with van der Waals surface area (Å²) in [6, 6.07) is 10.3. The van der Waals surface area contributed by atoms with Crippen LogP contribution in [0.25, 0.3) is 0 Å². The molecule has 112 valence electrons. The number of hydrogen-bond acceptors (Lipinski definition) is 3. The largest absolute Gasteiger partial charge is 0.381 e. The van der Waals surface area contributed by atoms with Gasteiger partial charge in [-0.15, -0.1) is 0 Å². The minimum absolute atomic E-state index is 0.137. The fourth-order valence-corrected chi connectivity index (χ4v) is 1.82. The molecule has 0 spiro atoms. The van der Waals surface area contributed by atoms with Gasteiger partial charge in [-0.05, 0) is 25.5 Å². The molecule has 0 saturated heterocycles. The molecule has 1 amide bonds. The smallest absolute Gasteiger partial charge is 0.236 e. The number of hydrogen-bond donors (Lipinski definition) is 0. The molecule has 0 unspecified atom stereocenters. The normalized spacial score (nSPS) is 10.8. The van der Waals surface area contributed by atoms with E-state index in [0.29, 0.717) is 6.54 Å². The van der Waals surface area contributed by atoms with Crippen molar-refractivity contribution in [2.75, 3.05) is 47.4 Å². The Balaban J connectivity index is 2.00. The van der Waals surface area contributed by atoms with Crippen LogP contribution in [0.1, 0.15) is 12.0 Å². The van der Waals surface area contributed by atoms with Gasteiger partial charge in [-0.25, -0.2) is 0 Å². The molecule has 1 aromatic carbocycles. The molecule has 4 nitrogen and oxygen atoms in total. The standard InChI is InChI=1S/C16H26N2O2/c1-17(2)16(19)14-18(3)11-7-12-20-13-10-15-8-5-4-6-9-15/h4-6,8-9H,7,10-14H2,1-3H3. The zero-order chi connectivity index (χ0) is 14.8. The van der Waals surface area contributed by atoms with Crippen LogP contribution in [0.4, 0.5) is 0 Å². The third-order valence-electron chi connectivity index (χ3n) is 3.11. The Morgan fingerprint density at radius 3 is 2.45 bits per heavy atom. The van der Waals surface area contributed by atoms with E-state index in [1.54, 1.807) is 19.0 Å². The molecule has 1 aromatic rings. The highest BCUT2D eigenvalue weighted by Crippen LogP contribution is 2.00. The summed E-state index contributed by atoms with van der Waals surface area (Å²) in [7, 11) is 5.52. The first-order valence-corrected chi connectivity index (χ1v) is 7.10. The highest BCUT2D eigenvalue weighted by molar-refractivity contribution is 5.77. The molecule has 0 aliphatic carbocycles. The zero-order valence-corrected chi connectivity index (χ0v) is 12.8. The molecule has 0 radical (unpaired) electrons. The molecule has 0 bridgehead atoms. The minimum Gasteiger partial charge on any atom is -0.381 e. The number of carbonyl (C=O) groups is 1. The summed E-state index contributed by atoms with van der Waals surface area (Å²) in [6.45, 7) is 2.85. The van der Waals surface area contributed by atoms with Crippen LogP contribution in [0.5, 0.6) is 0 Å². The van der Waals surface area contributed by atoms with E-state index in [0.717, 1.165) is 32.6 Å². The van der Waals surface area contributed by atoms with Gasteiger partial charge in [0.2, 0.25) is 5.91 Å². The Morgan fingerprint density at radius 2 is 1.80 bits per heavy atom. The quantitative estimate of drug-likeness (QED) is 0.644. The van der Waals surface area contributed by atoms with Crippen molar-refractivity contribution in [3.63, 3.8) is 0 Å². The van der Waals surface area contributed by atoms with Gasteiger partial charge in [-0.1, -0.05) is 30.3 Å². The maximum absolute atomic E-state index is 11.5. The van der Waals surface area contributed by atoms with Crippen LogP contribution in [-0.2, 0) is 16.0 Å². The number of rotatable bonds is 9. The fraction of sp³-hybridized carbons (Fsp3) is 0.562. The molecule has 0 atom stereocenters. The lowest BCUT2D eigenvalue weighted by atomic mass is 10.2. The average Bonchev–Trinajstić information content (AvgIpc) is 2.43. The summed E-state index contributed by atoms with van der Waals surface area (Å²) in [4.78, 5) is 15.1. The third-order valence-corrected chi connectivity index (χ3v) is 3.11. The van der Waals surface area contributed by atoms with E-state index in [1.165, 1.54) is 5.56 Å². The Kier molecular flexibility index (Phi) is 7.92. The Bertz CT molecular complexity index is 379. The number of amides is 1. The van der Waals surface area contributed by atoms with Gasteiger partial charge in [0, 0.05) is 27.2 Å². The molecule has 0 fully saturated rings. The molecule has 4 heteroatoms. The highest BCUT2D eigenvalue weighted by atomic mass is 16.5. The Hall–Kier alpha value is -1.39. The molecule has 0 aliphatic rings. The second kappa shape index (κ2) is 9.50. The summed E-state index contributed by atoms with van der Waals surface area (Å²) < 4.78 is 5.62. The summed E-state index contributed by atoms with van der Waals surface area (Å²) in [5, 5.41) is 0. The zero-order valence-electron chi connectivity index (χ0n) is 12.8. The minimum atomic E-state index is 0.137. The number of benzene rings is 1. The van der Waals surface area contributed by atoms with Crippen molar-refractivity contribution in [2.45, 2.75) is 12.8 Å². The predicted molar refractivity (Wildman–Crippen MR) is 81.8 cm³/mol. The Morgan fingerprint density at radius 1 is 1.10 bits per heavy atom. The van der Waals surface area contributed by atoms with E-state index < -0.39 is 0 Å². The van der Waals surface area contributed by atoms with Crippen molar-refractivity contribution >= 4 is 5.91 Å². The van der Waals surface area contributed by atoms with Crippen LogP contribution in [0.2, 0.25) is 0 Å². The Labute approximate surface area is 122 Å². The van der Waals surface area contributed by atoms with Crippen molar-refractivity contribution in [1.82, 2.24) is 9.80 Å². The molecule has 20 heavy (non-hydrogen) atoms. The van der Waals surface area contributed by atoms with E-state index in [2.05, 4.69) is 12.1 Å². The first-order chi connectivity index (χ1) is 9.59. The summed E-state index contributed by atoms with van der Waals surface area (Å²) in [5.41, 5.74) is 1.31. The SMILES string of the molecule is CN(CCCOCCc1ccccc1)CC(=O)N(C)C. The van der Waals surface area contributed by atoms with E-state index in [1.807, 2.05) is 30.1 Å². The monoisotopic (exact) mass is 278 g/mol. The molecular weight excluding hydrogens is 252 g/mol. The van der Waals surface area contributed by atoms with Gasteiger partial charge in [0.25, 0.3) is 0 Å². The third kappa shape index (κ3) is 7.26. The van der Waals surface area contributed by atoms with Crippen molar-refractivity contribution < 1.29 is 9.53 Å². The van der Waals surface area contributed by atoms with Gasteiger partial charge < -0.3 is 9.64 Å². The van der Waals surface area contributed by atoms with E-state index in [9.17, 15) is 4.79 Å². The average molecular weight is 278 g/mol. The summed E-state index contributed by atoms with van der Waals surface area (Å²) in [5.74, 6) is 0.137. The van der Waals surface area contributed by atoms with Gasteiger partial charge >= 0.3 is 0 Å². The van der Waals surface area contributed by atoms with Gasteiger partial charge in [0.15, 0.2) is 0 Å². The predicted octanol–water partition coefficient (Wildman–Crippen LogP) is 1.66. The van der Waals surface area contributed by atoms with Crippen LogP contribution >= 0.6 is 0 Å². The van der Waals surface area contributed by atoms with Gasteiger partial charge in [0.05, 0.1) is 13.2 Å². The maximum Gasteiger partial charge on any atom is 0.236 e. The lowest BCUT2D eigenvalue weighted by molar-refractivity contribution is -0.129. The highest BCUT2D eigenvalue weighted by Gasteiger charge is 2.07. The molecule has 0 heterocycles. The number of carbonyl (C=O) groups excluding carboxylic acids is 1. The molecule has 1 rings (SSSR count). The topological polar surface area (TPSA) is 32.8 Å². The maximum atomic E-state index is 11.5. The van der Waals surface area contributed by atoms with Crippen molar-refractivity contribution in [3.8, 4) is 0 Å². The van der Waals surface area contributed by atoms with Crippen molar-refractivity contribution in [1.29, 1.82) is 0 Å². The van der Waals surface area contributed by atoms with Crippen LogP contribution in [-0.4, -0.2) is 63.2 Å². The number of ether oxygens (including phenoxy) is 1. The van der Waals surface area contributed by atoms with Crippen LogP contribution in [0.3, 0.4) is 0 Å². The van der Waals surface area contributed by atoms with Gasteiger partial charge in [0.1, 0.15) is 0 Å². The summed E-state index contributed by atoms with van der Waals surface area (Å²) >= 11 is 0.